The molecule has 0 bridgehead atoms. The minimum Gasteiger partial charge on any atom is -0.369 e. The predicted molar refractivity (Wildman–Crippen MR) is 65.5 cm³/mol. The Bertz CT molecular complexity index is 303. The van der Waals surface area contributed by atoms with Crippen molar-refractivity contribution in [3.05, 3.63) is 17.8 Å². The quantitative estimate of drug-likeness (QED) is 0.809. The van der Waals surface area contributed by atoms with Crippen molar-refractivity contribution in [2.24, 2.45) is 5.92 Å². The van der Waals surface area contributed by atoms with E-state index in [0.29, 0.717) is 0 Å². The maximum absolute atomic E-state index is 4.09. The van der Waals surface area contributed by atoms with Crippen molar-refractivity contribution < 1.29 is 0 Å². The Hall–Kier alpha value is -1.16. The van der Waals surface area contributed by atoms with Gasteiger partial charge in [-0.2, -0.15) is 5.10 Å². The molecule has 2 N–H and O–H groups in total. The summed E-state index contributed by atoms with van der Waals surface area (Å²) in [6.45, 7) is 5.30. The molecule has 1 aromatic heterocycles. The van der Waals surface area contributed by atoms with Gasteiger partial charge in [0.25, 0.3) is 0 Å². The topological polar surface area (TPSA) is 49.8 Å². The molecule has 1 aromatic rings. The van der Waals surface area contributed by atoms with Crippen molar-refractivity contribution in [3.63, 3.8) is 0 Å². The molecule has 16 heavy (non-hydrogen) atoms. The number of anilines is 1. The SMILES string of the molecule is Cc1ccc(NCCC2CCNCC2)nn1. The first-order chi connectivity index (χ1) is 7.84. The van der Waals surface area contributed by atoms with Crippen LogP contribution in [-0.4, -0.2) is 29.8 Å². The Morgan fingerprint density at radius 3 is 2.81 bits per heavy atom. The highest BCUT2D eigenvalue weighted by atomic mass is 15.2. The van der Waals surface area contributed by atoms with Crippen LogP contribution in [0.2, 0.25) is 0 Å². The normalized spacial score (nSPS) is 17.3. The lowest BCUT2D eigenvalue weighted by Crippen LogP contribution is -2.28. The van der Waals surface area contributed by atoms with E-state index in [0.717, 1.165) is 24.0 Å². The summed E-state index contributed by atoms with van der Waals surface area (Å²) in [4.78, 5) is 0. The summed E-state index contributed by atoms with van der Waals surface area (Å²) in [5.41, 5.74) is 0.962. The third-order valence-electron chi connectivity index (χ3n) is 3.12. The van der Waals surface area contributed by atoms with E-state index in [1.54, 1.807) is 0 Å². The van der Waals surface area contributed by atoms with Gasteiger partial charge in [0.05, 0.1) is 5.69 Å². The Balaban J connectivity index is 1.69. The average Bonchev–Trinajstić information content (AvgIpc) is 2.33. The van der Waals surface area contributed by atoms with E-state index in [4.69, 9.17) is 0 Å². The van der Waals surface area contributed by atoms with Crippen LogP contribution in [0.5, 0.6) is 0 Å². The van der Waals surface area contributed by atoms with Crippen molar-refractivity contribution in [3.8, 4) is 0 Å². The summed E-state index contributed by atoms with van der Waals surface area (Å²) in [6.07, 6.45) is 3.85. The van der Waals surface area contributed by atoms with E-state index in [-0.39, 0.29) is 0 Å². The molecule has 2 heterocycles. The maximum atomic E-state index is 4.09. The van der Waals surface area contributed by atoms with Crippen LogP contribution >= 0.6 is 0 Å². The van der Waals surface area contributed by atoms with Gasteiger partial charge < -0.3 is 10.6 Å². The average molecular weight is 220 g/mol. The molecule has 1 aliphatic rings. The number of hydrogen-bond acceptors (Lipinski definition) is 4. The maximum Gasteiger partial charge on any atom is 0.148 e. The molecule has 88 valence electrons. The molecule has 1 aliphatic heterocycles. The fourth-order valence-electron chi connectivity index (χ4n) is 2.07. The van der Waals surface area contributed by atoms with Gasteiger partial charge in [-0.25, -0.2) is 0 Å². The second-order valence-corrected chi connectivity index (χ2v) is 4.47. The highest BCUT2D eigenvalue weighted by Gasteiger charge is 2.11. The highest BCUT2D eigenvalue weighted by molar-refractivity contribution is 5.32. The standard InChI is InChI=1S/C12H20N4/c1-10-2-3-12(16-15-10)14-9-6-11-4-7-13-8-5-11/h2-3,11,13H,4-9H2,1H3,(H,14,16). The molecule has 0 unspecified atom stereocenters. The number of aryl methyl sites for hydroxylation is 1. The lowest BCUT2D eigenvalue weighted by molar-refractivity contribution is 0.361. The van der Waals surface area contributed by atoms with Crippen LogP contribution in [0, 0.1) is 12.8 Å². The first kappa shape index (κ1) is 11.3. The van der Waals surface area contributed by atoms with Gasteiger partial charge in [-0.1, -0.05) is 0 Å². The smallest absolute Gasteiger partial charge is 0.148 e. The molecule has 1 fully saturated rings. The number of nitrogens with one attached hydrogen (secondary N) is 2. The molecule has 4 nitrogen and oxygen atoms in total. The third-order valence-corrected chi connectivity index (χ3v) is 3.12. The Morgan fingerprint density at radius 1 is 1.31 bits per heavy atom. The summed E-state index contributed by atoms with van der Waals surface area (Å²) >= 11 is 0. The largest absolute Gasteiger partial charge is 0.369 e. The number of aromatic nitrogens is 2. The first-order valence-electron chi connectivity index (χ1n) is 6.09. The van der Waals surface area contributed by atoms with Gasteiger partial charge in [-0.15, -0.1) is 5.10 Å². The van der Waals surface area contributed by atoms with E-state index in [9.17, 15) is 0 Å². The van der Waals surface area contributed by atoms with E-state index >= 15 is 0 Å². The molecule has 2 rings (SSSR count). The third kappa shape index (κ3) is 3.45. The molecule has 0 saturated carbocycles. The van der Waals surface area contributed by atoms with Crippen LogP contribution in [0.3, 0.4) is 0 Å². The zero-order valence-corrected chi connectivity index (χ0v) is 9.87. The van der Waals surface area contributed by atoms with Gasteiger partial charge in [0.15, 0.2) is 0 Å². The van der Waals surface area contributed by atoms with E-state index in [1.807, 2.05) is 19.1 Å². The summed E-state index contributed by atoms with van der Waals surface area (Å²) in [5.74, 6) is 1.76. The summed E-state index contributed by atoms with van der Waals surface area (Å²) in [7, 11) is 0. The number of rotatable bonds is 4. The zero-order chi connectivity index (χ0) is 11.2. The lowest BCUT2D eigenvalue weighted by atomic mass is 9.95. The number of nitrogens with zero attached hydrogens (tertiary/aromatic N) is 2. The fraction of sp³-hybridized carbons (Fsp3) is 0.667. The Kier molecular flexibility index (Phi) is 4.10. The summed E-state index contributed by atoms with van der Waals surface area (Å²) < 4.78 is 0. The van der Waals surface area contributed by atoms with Crippen molar-refractivity contribution >= 4 is 5.82 Å². The molecule has 0 radical (unpaired) electrons. The van der Waals surface area contributed by atoms with Crippen LogP contribution in [0.1, 0.15) is 25.0 Å². The van der Waals surface area contributed by atoms with Gasteiger partial charge >= 0.3 is 0 Å². The Morgan fingerprint density at radius 2 is 2.12 bits per heavy atom. The molecule has 1 saturated heterocycles. The second kappa shape index (κ2) is 5.80. The molecular weight excluding hydrogens is 200 g/mol. The van der Waals surface area contributed by atoms with Gasteiger partial charge in [-0.05, 0) is 57.3 Å². The molecule has 4 heteroatoms. The first-order valence-corrected chi connectivity index (χ1v) is 6.09. The number of hydrogen-bond donors (Lipinski definition) is 2. The molecule has 0 aliphatic carbocycles. The molecule has 0 spiro atoms. The van der Waals surface area contributed by atoms with Gasteiger partial charge in [0.2, 0.25) is 0 Å². The number of piperidine rings is 1. The Labute approximate surface area is 96.9 Å². The zero-order valence-electron chi connectivity index (χ0n) is 9.87. The van der Waals surface area contributed by atoms with E-state index in [1.165, 1.54) is 32.4 Å². The van der Waals surface area contributed by atoms with Crippen LogP contribution in [0.15, 0.2) is 12.1 Å². The van der Waals surface area contributed by atoms with Crippen LogP contribution in [0.4, 0.5) is 5.82 Å². The highest BCUT2D eigenvalue weighted by Crippen LogP contribution is 2.15. The van der Waals surface area contributed by atoms with Crippen LogP contribution < -0.4 is 10.6 Å². The van der Waals surface area contributed by atoms with Crippen molar-refractivity contribution in [2.75, 3.05) is 25.0 Å². The minimum absolute atomic E-state index is 0.868. The van der Waals surface area contributed by atoms with E-state index < -0.39 is 0 Å². The van der Waals surface area contributed by atoms with Crippen molar-refractivity contribution in [2.45, 2.75) is 26.2 Å². The lowest BCUT2D eigenvalue weighted by Gasteiger charge is -2.22. The molecule has 0 atom stereocenters. The molecule has 0 aromatic carbocycles. The molecular formula is C12H20N4. The fourth-order valence-corrected chi connectivity index (χ4v) is 2.07. The second-order valence-electron chi connectivity index (χ2n) is 4.47. The monoisotopic (exact) mass is 220 g/mol. The van der Waals surface area contributed by atoms with Gasteiger partial charge in [0, 0.05) is 6.54 Å². The van der Waals surface area contributed by atoms with Crippen LogP contribution in [0.25, 0.3) is 0 Å². The van der Waals surface area contributed by atoms with Crippen LogP contribution in [-0.2, 0) is 0 Å². The van der Waals surface area contributed by atoms with E-state index in [2.05, 4.69) is 20.8 Å². The predicted octanol–water partition coefficient (Wildman–Crippen LogP) is 1.59. The summed E-state index contributed by atoms with van der Waals surface area (Å²) in [5, 5.41) is 14.8. The van der Waals surface area contributed by atoms with Crippen molar-refractivity contribution in [1.29, 1.82) is 0 Å². The summed E-state index contributed by atoms with van der Waals surface area (Å²) in [6, 6.07) is 3.98. The minimum atomic E-state index is 0.868. The van der Waals surface area contributed by atoms with Gasteiger partial charge in [0.1, 0.15) is 5.82 Å². The van der Waals surface area contributed by atoms with Crippen molar-refractivity contribution in [1.82, 2.24) is 15.5 Å². The molecule has 0 amide bonds. The van der Waals surface area contributed by atoms with Gasteiger partial charge in [-0.3, -0.25) is 0 Å².